The highest BCUT2D eigenvalue weighted by molar-refractivity contribution is 9.10. The maximum absolute atomic E-state index is 6.38. The summed E-state index contributed by atoms with van der Waals surface area (Å²) in [6.07, 6.45) is 0. The zero-order valence-electron chi connectivity index (χ0n) is 12.8. The Morgan fingerprint density at radius 2 is 1.95 bits per heavy atom. The molecule has 2 rings (SSSR count). The normalized spacial score (nSPS) is 11.6. The third-order valence-corrected chi connectivity index (χ3v) is 4.18. The van der Waals surface area contributed by atoms with Gasteiger partial charge in [0.15, 0.2) is 0 Å². The van der Waals surface area contributed by atoms with E-state index in [0.29, 0.717) is 16.9 Å². The molecule has 114 valence electrons. The average Bonchev–Trinajstić information content (AvgIpc) is 2.67. The Kier molecular flexibility index (Phi) is 4.99. The van der Waals surface area contributed by atoms with Crippen LogP contribution >= 0.6 is 27.5 Å². The molecule has 1 heterocycles. The van der Waals surface area contributed by atoms with Gasteiger partial charge < -0.3 is 10.3 Å². The van der Waals surface area contributed by atoms with Crippen molar-refractivity contribution in [3.63, 3.8) is 0 Å². The molecule has 2 aromatic rings. The second-order valence-corrected chi connectivity index (χ2v) is 7.28. The summed E-state index contributed by atoms with van der Waals surface area (Å²) >= 11 is 9.56. The van der Waals surface area contributed by atoms with Crippen LogP contribution in [0.15, 0.2) is 22.7 Å². The summed E-state index contributed by atoms with van der Waals surface area (Å²) in [4.78, 5) is 4.79. The Morgan fingerprint density at radius 3 is 2.48 bits per heavy atom. The van der Waals surface area contributed by atoms with Gasteiger partial charge in [0.1, 0.15) is 17.3 Å². The molecule has 0 fully saturated rings. The van der Waals surface area contributed by atoms with Crippen LogP contribution in [0.2, 0.25) is 5.02 Å². The smallest absolute Gasteiger partial charge is 0.131 e. The van der Waals surface area contributed by atoms with Crippen LogP contribution in [0.4, 0.5) is 5.82 Å². The minimum atomic E-state index is 0.325. The number of hydrogen-bond donors (Lipinski definition) is 1. The summed E-state index contributed by atoms with van der Waals surface area (Å²) in [7, 11) is 0. The number of rotatable bonds is 4. The van der Waals surface area contributed by atoms with Crippen molar-refractivity contribution in [2.24, 2.45) is 5.92 Å². The SMILES string of the molecule is CC(C)Cn1c(C(C)C)nc(-c2ccc(Cl)cc2Br)c1N. The van der Waals surface area contributed by atoms with E-state index >= 15 is 0 Å². The molecule has 0 unspecified atom stereocenters. The number of halogens is 2. The van der Waals surface area contributed by atoms with Gasteiger partial charge in [-0.25, -0.2) is 4.98 Å². The first-order chi connectivity index (χ1) is 9.81. The summed E-state index contributed by atoms with van der Waals surface area (Å²) in [6, 6.07) is 5.68. The first-order valence-electron chi connectivity index (χ1n) is 7.12. The number of benzene rings is 1. The lowest BCUT2D eigenvalue weighted by molar-refractivity contribution is 0.502. The van der Waals surface area contributed by atoms with Crippen LogP contribution in [-0.2, 0) is 6.54 Å². The molecule has 0 aliphatic heterocycles. The molecule has 0 aliphatic rings. The third kappa shape index (κ3) is 3.43. The number of nitrogens with zero attached hydrogens (tertiary/aromatic N) is 2. The predicted molar refractivity (Wildman–Crippen MR) is 93.7 cm³/mol. The molecular formula is C16H21BrClN3. The lowest BCUT2D eigenvalue weighted by Crippen LogP contribution is -2.12. The summed E-state index contributed by atoms with van der Waals surface area (Å²) in [5, 5.41) is 0.690. The van der Waals surface area contributed by atoms with Crippen molar-refractivity contribution < 1.29 is 0 Å². The maximum Gasteiger partial charge on any atom is 0.131 e. The Hall–Kier alpha value is -1.00. The van der Waals surface area contributed by atoms with Crippen LogP contribution in [0.3, 0.4) is 0 Å². The number of nitrogen functional groups attached to an aromatic ring is 1. The largest absolute Gasteiger partial charge is 0.383 e. The summed E-state index contributed by atoms with van der Waals surface area (Å²) < 4.78 is 3.04. The molecule has 0 saturated heterocycles. The minimum absolute atomic E-state index is 0.325. The Balaban J connectivity index is 2.59. The van der Waals surface area contributed by atoms with E-state index in [1.54, 1.807) is 0 Å². The fourth-order valence-electron chi connectivity index (χ4n) is 2.36. The first-order valence-corrected chi connectivity index (χ1v) is 8.29. The van der Waals surface area contributed by atoms with Gasteiger partial charge in [0.25, 0.3) is 0 Å². The van der Waals surface area contributed by atoms with Crippen molar-refractivity contribution in [2.45, 2.75) is 40.2 Å². The quantitative estimate of drug-likeness (QED) is 0.790. The number of hydrogen-bond acceptors (Lipinski definition) is 2. The fraction of sp³-hybridized carbons (Fsp3) is 0.438. The van der Waals surface area contributed by atoms with Gasteiger partial charge >= 0.3 is 0 Å². The van der Waals surface area contributed by atoms with Crippen LogP contribution in [0.1, 0.15) is 39.4 Å². The van der Waals surface area contributed by atoms with E-state index in [4.69, 9.17) is 22.3 Å². The van der Waals surface area contributed by atoms with Crippen LogP contribution in [-0.4, -0.2) is 9.55 Å². The lowest BCUT2D eigenvalue weighted by atomic mass is 10.1. The first kappa shape index (κ1) is 16.4. The molecule has 0 amide bonds. The van der Waals surface area contributed by atoms with Crippen LogP contribution in [0.5, 0.6) is 0 Å². The monoisotopic (exact) mass is 369 g/mol. The van der Waals surface area contributed by atoms with Crippen molar-refractivity contribution in [3.8, 4) is 11.3 Å². The van der Waals surface area contributed by atoms with E-state index in [2.05, 4.69) is 48.2 Å². The van der Waals surface area contributed by atoms with Gasteiger partial charge in [-0.3, -0.25) is 0 Å². The average molecular weight is 371 g/mol. The minimum Gasteiger partial charge on any atom is -0.383 e. The third-order valence-electron chi connectivity index (χ3n) is 3.29. The lowest BCUT2D eigenvalue weighted by Gasteiger charge is -2.14. The van der Waals surface area contributed by atoms with Gasteiger partial charge in [-0.1, -0.05) is 61.3 Å². The zero-order chi connectivity index (χ0) is 15.7. The molecular weight excluding hydrogens is 350 g/mol. The van der Waals surface area contributed by atoms with Gasteiger partial charge in [0.05, 0.1) is 0 Å². The van der Waals surface area contributed by atoms with Gasteiger partial charge in [-0.05, 0) is 18.1 Å². The van der Waals surface area contributed by atoms with Crippen molar-refractivity contribution in [1.82, 2.24) is 9.55 Å². The molecule has 3 nitrogen and oxygen atoms in total. The molecule has 0 atom stereocenters. The van der Waals surface area contributed by atoms with Crippen molar-refractivity contribution in [1.29, 1.82) is 0 Å². The second kappa shape index (κ2) is 6.41. The number of nitrogens with two attached hydrogens (primary N) is 1. The van der Waals surface area contributed by atoms with Crippen LogP contribution in [0, 0.1) is 5.92 Å². The molecule has 0 saturated carbocycles. The van der Waals surface area contributed by atoms with Gasteiger partial charge in [0.2, 0.25) is 0 Å². The number of imidazole rings is 1. The van der Waals surface area contributed by atoms with E-state index in [-0.39, 0.29) is 0 Å². The molecule has 21 heavy (non-hydrogen) atoms. The van der Waals surface area contributed by atoms with E-state index in [9.17, 15) is 0 Å². The number of anilines is 1. The Morgan fingerprint density at radius 1 is 1.29 bits per heavy atom. The highest BCUT2D eigenvalue weighted by Gasteiger charge is 2.20. The molecule has 1 aromatic carbocycles. The van der Waals surface area contributed by atoms with Crippen molar-refractivity contribution >= 4 is 33.3 Å². The standard InChI is InChI=1S/C16H21BrClN3/c1-9(2)8-21-15(19)14(20-16(21)10(3)4)12-6-5-11(18)7-13(12)17/h5-7,9-10H,8,19H2,1-4H3. The van der Waals surface area contributed by atoms with E-state index < -0.39 is 0 Å². The summed E-state index contributed by atoms with van der Waals surface area (Å²) in [5.74, 6) is 2.58. The van der Waals surface area contributed by atoms with Crippen LogP contribution < -0.4 is 5.73 Å². The topological polar surface area (TPSA) is 43.8 Å². The molecule has 1 aromatic heterocycles. The summed E-state index contributed by atoms with van der Waals surface area (Å²) in [5.41, 5.74) is 8.17. The van der Waals surface area contributed by atoms with Gasteiger partial charge in [0, 0.05) is 27.5 Å². The van der Waals surface area contributed by atoms with Crippen molar-refractivity contribution in [2.75, 3.05) is 5.73 Å². The molecule has 0 spiro atoms. The molecule has 2 N–H and O–H groups in total. The van der Waals surface area contributed by atoms with Crippen molar-refractivity contribution in [3.05, 3.63) is 33.5 Å². The number of aromatic nitrogens is 2. The van der Waals surface area contributed by atoms with E-state index in [0.717, 1.165) is 33.9 Å². The van der Waals surface area contributed by atoms with E-state index in [1.165, 1.54) is 0 Å². The predicted octanol–water partition coefficient (Wildman–Crippen LogP) is 5.33. The molecule has 5 heteroatoms. The molecule has 0 bridgehead atoms. The Bertz CT molecular complexity index is 647. The second-order valence-electron chi connectivity index (χ2n) is 5.99. The maximum atomic E-state index is 6.38. The van der Waals surface area contributed by atoms with Gasteiger partial charge in [-0.15, -0.1) is 0 Å². The van der Waals surface area contributed by atoms with E-state index in [1.807, 2.05) is 18.2 Å². The zero-order valence-corrected chi connectivity index (χ0v) is 15.2. The van der Waals surface area contributed by atoms with Crippen LogP contribution in [0.25, 0.3) is 11.3 Å². The highest BCUT2D eigenvalue weighted by atomic mass is 79.9. The highest BCUT2D eigenvalue weighted by Crippen LogP contribution is 2.35. The molecule has 0 aliphatic carbocycles. The van der Waals surface area contributed by atoms with Gasteiger partial charge in [-0.2, -0.15) is 0 Å². The Labute approximate surface area is 139 Å². The molecule has 0 radical (unpaired) electrons. The summed E-state index contributed by atoms with van der Waals surface area (Å²) in [6.45, 7) is 9.51. The fourth-order valence-corrected chi connectivity index (χ4v) is 3.23.